The van der Waals surface area contributed by atoms with Crippen LogP contribution in [0.2, 0.25) is 0 Å². The van der Waals surface area contributed by atoms with Gasteiger partial charge in [-0.25, -0.2) is 4.39 Å². The maximum Gasteiger partial charge on any atom is 0.140 e. The molecule has 0 atom stereocenters. The molecule has 0 N–H and O–H groups in total. The van der Waals surface area contributed by atoms with Crippen molar-refractivity contribution in [1.29, 1.82) is 0 Å². The fourth-order valence-electron chi connectivity index (χ4n) is 2.72. The average Bonchev–Trinajstić information content (AvgIpc) is 2.59. The van der Waals surface area contributed by atoms with E-state index in [-0.39, 0.29) is 17.8 Å². The summed E-state index contributed by atoms with van der Waals surface area (Å²) in [6, 6.07) is 21.8. The van der Waals surface area contributed by atoms with Crippen molar-refractivity contribution in [3.8, 4) is 5.75 Å². The van der Waals surface area contributed by atoms with E-state index in [9.17, 15) is 4.39 Å². The van der Waals surface area contributed by atoms with Crippen LogP contribution in [0, 0.1) is 0 Å². The van der Waals surface area contributed by atoms with Crippen LogP contribution in [-0.2, 0) is 5.41 Å². The molecule has 0 aliphatic heterocycles. The van der Waals surface area contributed by atoms with Gasteiger partial charge in [0.2, 0.25) is 0 Å². The molecule has 0 bridgehead atoms. The summed E-state index contributed by atoms with van der Waals surface area (Å²) >= 11 is 0. The van der Waals surface area contributed by atoms with E-state index >= 15 is 0 Å². The summed E-state index contributed by atoms with van der Waals surface area (Å²) in [5, 5.41) is 2.25. The molecule has 0 aromatic heterocycles. The van der Waals surface area contributed by atoms with Crippen LogP contribution in [0.25, 0.3) is 16.8 Å². The summed E-state index contributed by atoms with van der Waals surface area (Å²) in [5.41, 5.74) is 2.16. The van der Waals surface area contributed by atoms with Crippen molar-refractivity contribution in [3.05, 3.63) is 83.7 Å². The third-order valence-electron chi connectivity index (χ3n) is 4.19. The molecule has 128 valence electrons. The Bertz CT molecular complexity index is 886. The Balaban J connectivity index is 1.66. The zero-order valence-corrected chi connectivity index (χ0v) is 14.9. The van der Waals surface area contributed by atoms with E-state index in [1.54, 1.807) is 0 Å². The van der Waals surface area contributed by atoms with E-state index < -0.39 is 0 Å². The molecule has 25 heavy (non-hydrogen) atoms. The van der Waals surface area contributed by atoms with Crippen molar-refractivity contribution in [2.24, 2.45) is 0 Å². The van der Waals surface area contributed by atoms with Crippen molar-refractivity contribution in [1.82, 2.24) is 0 Å². The molecule has 3 aromatic rings. The van der Waals surface area contributed by atoms with Gasteiger partial charge in [0.15, 0.2) is 0 Å². The predicted molar refractivity (Wildman–Crippen MR) is 104 cm³/mol. The lowest BCUT2D eigenvalue weighted by Gasteiger charge is -2.19. The molecule has 0 saturated carbocycles. The van der Waals surface area contributed by atoms with Crippen molar-refractivity contribution in [2.75, 3.05) is 6.61 Å². The average molecular weight is 334 g/mol. The summed E-state index contributed by atoms with van der Waals surface area (Å²) < 4.78 is 19.7. The van der Waals surface area contributed by atoms with Crippen LogP contribution in [0.3, 0.4) is 0 Å². The van der Waals surface area contributed by atoms with Crippen molar-refractivity contribution in [2.45, 2.75) is 26.2 Å². The second-order valence-corrected chi connectivity index (χ2v) is 7.26. The van der Waals surface area contributed by atoms with Gasteiger partial charge in [0.1, 0.15) is 18.2 Å². The van der Waals surface area contributed by atoms with Gasteiger partial charge in [-0.1, -0.05) is 69.3 Å². The van der Waals surface area contributed by atoms with Gasteiger partial charge in [0.25, 0.3) is 0 Å². The fourth-order valence-corrected chi connectivity index (χ4v) is 2.72. The molecule has 2 heteroatoms. The Morgan fingerprint density at radius 1 is 0.920 bits per heavy atom. The minimum Gasteiger partial charge on any atom is -0.487 e. The maximum atomic E-state index is 14.2. The molecule has 0 fully saturated rings. The van der Waals surface area contributed by atoms with Crippen LogP contribution in [0.1, 0.15) is 31.9 Å². The molecule has 0 aliphatic carbocycles. The van der Waals surface area contributed by atoms with E-state index in [0.717, 1.165) is 16.3 Å². The first kappa shape index (κ1) is 17.2. The highest BCUT2D eigenvalue weighted by Crippen LogP contribution is 2.24. The molecule has 3 rings (SSSR count). The molecular formula is C23H23FO. The van der Waals surface area contributed by atoms with E-state index in [1.165, 1.54) is 11.6 Å². The van der Waals surface area contributed by atoms with Crippen LogP contribution in [0.4, 0.5) is 4.39 Å². The highest BCUT2D eigenvalue weighted by molar-refractivity contribution is 5.84. The lowest BCUT2D eigenvalue weighted by Crippen LogP contribution is -2.10. The highest BCUT2D eigenvalue weighted by atomic mass is 19.1. The quantitative estimate of drug-likeness (QED) is 0.527. The summed E-state index contributed by atoms with van der Waals surface area (Å²) in [5.74, 6) is 0.380. The minimum atomic E-state index is -0.296. The Hall–Kier alpha value is -2.61. The monoisotopic (exact) mass is 334 g/mol. The van der Waals surface area contributed by atoms with Gasteiger partial charge >= 0.3 is 0 Å². The topological polar surface area (TPSA) is 9.23 Å². The SMILES string of the molecule is CC(C)(C)c1ccc(OC/C(F)=C/c2ccc3ccccc3c2)cc1. The van der Waals surface area contributed by atoms with E-state index in [0.29, 0.717) is 5.75 Å². The number of ether oxygens (including phenoxy) is 1. The summed E-state index contributed by atoms with van der Waals surface area (Å²) in [6.07, 6.45) is 1.52. The first-order chi connectivity index (χ1) is 11.9. The van der Waals surface area contributed by atoms with Crippen LogP contribution >= 0.6 is 0 Å². The largest absolute Gasteiger partial charge is 0.487 e. The molecule has 0 radical (unpaired) electrons. The van der Waals surface area contributed by atoms with Gasteiger partial charge in [0.05, 0.1) is 0 Å². The molecule has 0 heterocycles. The number of halogens is 1. The van der Waals surface area contributed by atoms with Crippen LogP contribution in [0.15, 0.2) is 72.6 Å². The van der Waals surface area contributed by atoms with Crippen LogP contribution in [-0.4, -0.2) is 6.61 Å². The standard InChI is InChI=1S/C23H23FO/c1-23(2,3)20-10-12-22(13-11-20)25-16-21(24)15-17-8-9-18-6-4-5-7-19(18)14-17/h4-15H,16H2,1-3H3/b21-15-. The van der Waals surface area contributed by atoms with Crippen molar-refractivity contribution >= 4 is 16.8 Å². The highest BCUT2D eigenvalue weighted by Gasteiger charge is 2.13. The second-order valence-electron chi connectivity index (χ2n) is 7.26. The first-order valence-corrected chi connectivity index (χ1v) is 8.50. The molecular weight excluding hydrogens is 311 g/mol. The first-order valence-electron chi connectivity index (χ1n) is 8.50. The van der Waals surface area contributed by atoms with Crippen LogP contribution < -0.4 is 4.74 Å². The number of rotatable bonds is 4. The van der Waals surface area contributed by atoms with Crippen molar-refractivity contribution in [3.63, 3.8) is 0 Å². The summed E-state index contributed by atoms with van der Waals surface area (Å²) in [4.78, 5) is 0. The minimum absolute atomic E-state index is 0.0678. The van der Waals surface area contributed by atoms with E-state index in [1.807, 2.05) is 66.7 Å². The Morgan fingerprint density at radius 3 is 2.28 bits per heavy atom. The lowest BCUT2D eigenvalue weighted by molar-refractivity contribution is 0.321. The smallest absolute Gasteiger partial charge is 0.140 e. The molecule has 1 nitrogen and oxygen atoms in total. The normalized spacial score (nSPS) is 12.4. The van der Waals surface area contributed by atoms with Gasteiger partial charge in [-0.15, -0.1) is 0 Å². The molecule has 3 aromatic carbocycles. The third kappa shape index (κ3) is 4.48. The Labute approximate surface area is 148 Å². The second kappa shape index (κ2) is 7.10. The van der Waals surface area contributed by atoms with Crippen molar-refractivity contribution < 1.29 is 9.13 Å². The fraction of sp³-hybridized carbons (Fsp3) is 0.217. The number of fused-ring (bicyclic) bond motifs is 1. The summed E-state index contributed by atoms with van der Waals surface area (Å²) in [6.45, 7) is 6.42. The maximum absolute atomic E-state index is 14.2. The lowest BCUT2D eigenvalue weighted by atomic mass is 9.87. The zero-order chi connectivity index (χ0) is 17.9. The Kier molecular flexibility index (Phi) is 4.89. The summed E-state index contributed by atoms with van der Waals surface area (Å²) in [7, 11) is 0. The number of hydrogen-bond donors (Lipinski definition) is 0. The van der Waals surface area contributed by atoms with E-state index in [2.05, 4.69) is 20.8 Å². The number of benzene rings is 3. The molecule has 0 unspecified atom stereocenters. The zero-order valence-electron chi connectivity index (χ0n) is 14.9. The molecule has 0 amide bonds. The van der Waals surface area contributed by atoms with Gasteiger partial charge in [0, 0.05) is 0 Å². The molecule has 0 aliphatic rings. The van der Waals surface area contributed by atoms with Gasteiger partial charge in [-0.3, -0.25) is 0 Å². The van der Waals surface area contributed by atoms with Crippen LogP contribution in [0.5, 0.6) is 5.75 Å². The van der Waals surface area contributed by atoms with Gasteiger partial charge < -0.3 is 4.74 Å². The van der Waals surface area contributed by atoms with E-state index in [4.69, 9.17) is 4.74 Å². The predicted octanol–water partition coefficient (Wildman–Crippen LogP) is 6.53. The molecule has 0 saturated heterocycles. The molecule has 0 spiro atoms. The third-order valence-corrected chi connectivity index (χ3v) is 4.19. The van der Waals surface area contributed by atoms with Gasteiger partial charge in [-0.2, -0.15) is 0 Å². The number of hydrogen-bond acceptors (Lipinski definition) is 1. The van der Waals surface area contributed by atoms with Gasteiger partial charge in [-0.05, 0) is 51.6 Å². The Morgan fingerprint density at radius 2 is 1.60 bits per heavy atom.